The molecule has 1 aliphatic rings. The van der Waals surface area contributed by atoms with E-state index in [1.165, 1.54) is 6.42 Å². The molecule has 0 bridgehead atoms. The van der Waals surface area contributed by atoms with Gasteiger partial charge in [-0.05, 0) is 44.1 Å². The molecule has 3 nitrogen and oxygen atoms in total. The molecule has 2 rings (SSSR count). The van der Waals surface area contributed by atoms with Crippen LogP contribution in [0, 0.1) is 5.92 Å². The van der Waals surface area contributed by atoms with Gasteiger partial charge in [0.15, 0.2) is 0 Å². The molecule has 0 aromatic carbocycles. The van der Waals surface area contributed by atoms with Crippen molar-refractivity contribution in [3.8, 4) is 0 Å². The Bertz CT molecular complexity index is 411. The Kier molecular flexibility index (Phi) is 5.25. The molecule has 20 heavy (non-hydrogen) atoms. The largest absolute Gasteiger partial charge is 0.389 e. The topological polar surface area (TPSA) is 38.0 Å². The summed E-state index contributed by atoms with van der Waals surface area (Å²) >= 11 is 0. The quantitative estimate of drug-likeness (QED) is 0.823. The first-order valence-corrected chi connectivity index (χ1v) is 8.32. The van der Waals surface area contributed by atoms with Crippen LogP contribution in [0.25, 0.3) is 0 Å². The van der Waals surface area contributed by atoms with E-state index in [9.17, 15) is 5.11 Å². The maximum absolute atomic E-state index is 10.8. The van der Waals surface area contributed by atoms with Crippen molar-refractivity contribution < 1.29 is 5.11 Å². The van der Waals surface area contributed by atoms with Crippen molar-refractivity contribution in [2.45, 2.75) is 83.8 Å². The summed E-state index contributed by atoms with van der Waals surface area (Å²) in [6.45, 7) is 6.71. The lowest BCUT2D eigenvalue weighted by atomic mass is 9.89. The number of hydrogen-bond donors (Lipinski definition) is 1. The molecule has 0 saturated heterocycles. The molecular weight excluding hydrogens is 248 g/mol. The first-order chi connectivity index (χ1) is 9.56. The van der Waals surface area contributed by atoms with Crippen LogP contribution < -0.4 is 0 Å². The second kappa shape index (κ2) is 6.75. The Labute approximate surface area is 123 Å². The summed E-state index contributed by atoms with van der Waals surface area (Å²) in [5.74, 6) is 0.756. The highest BCUT2D eigenvalue weighted by atomic mass is 16.3. The summed E-state index contributed by atoms with van der Waals surface area (Å²) in [4.78, 5) is 0. The molecule has 114 valence electrons. The lowest BCUT2D eigenvalue weighted by molar-refractivity contribution is 0.0233. The van der Waals surface area contributed by atoms with Crippen molar-refractivity contribution in [3.05, 3.63) is 18.0 Å². The highest BCUT2D eigenvalue weighted by molar-refractivity contribution is 5.05. The molecule has 2 atom stereocenters. The van der Waals surface area contributed by atoms with Gasteiger partial charge in [0.25, 0.3) is 0 Å². The van der Waals surface area contributed by atoms with Crippen molar-refractivity contribution in [3.63, 3.8) is 0 Å². The van der Waals surface area contributed by atoms with Gasteiger partial charge in [-0.15, -0.1) is 0 Å². The average Bonchev–Trinajstić information content (AvgIpc) is 2.79. The van der Waals surface area contributed by atoms with Gasteiger partial charge in [-0.1, -0.05) is 33.6 Å². The molecule has 1 aromatic rings. The van der Waals surface area contributed by atoms with Gasteiger partial charge in [0, 0.05) is 12.6 Å². The fraction of sp³-hybridized carbons (Fsp3) is 0.824. The summed E-state index contributed by atoms with van der Waals surface area (Å²) in [5.41, 5.74) is 0.520. The Morgan fingerprint density at radius 1 is 1.35 bits per heavy atom. The normalized spacial score (nSPS) is 27.8. The number of hydrogen-bond acceptors (Lipinski definition) is 2. The van der Waals surface area contributed by atoms with Gasteiger partial charge in [-0.25, -0.2) is 0 Å². The Morgan fingerprint density at radius 3 is 2.80 bits per heavy atom. The molecule has 1 fully saturated rings. The van der Waals surface area contributed by atoms with Crippen molar-refractivity contribution in [1.29, 1.82) is 0 Å². The average molecular weight is 278 g/mol. The number of aromatic nitrogens is 2. The predicted octanol–water partition coefficient (Wildman–Crippen LogP) is 4.12. The van der Waals surface area contributed by atoms with Gasteiger partial charge >= 0.3 is 0 Å². The summed E-state index contributed by atoms with van der Waals surface area (Å²) in [6.07, 6.45) is 10.4. The molecule has 2 unspecified atom stereocenters. The molecule has 3 heteroatoms. The minimum atomic E-state index is -0.530. The maximum Gasteiger partial charge on any atom is 0.0703 e. The maximum atomic E-state index is 10.8. The van der Waals surface area contributed by atoms with E-state index >= 15 is 0 Å². The van der Waals surface area contributed by atoms with E-state index in [1.807, 2.05) is 0 Å². The van der Waals surface area contributed by atoms with Crippen LogP contribution in [0.2, 0.25) is 0 Å². The third-order valence-corrected chi connectivity index (χ3v) is 4.93. The van der Waals surface area contributed by atoms with Gasteiger partial charge in [0.2, 0.25) is 0 Å². The number of nitrogens with zero attached hydrogens (tertiary/aromatic N) is 2. The van der Waals surface area contributed by atoms with Gasteiger partial charge in [0.05, 0.1) is 17.3 Å². The molecule has 1 aliphatic carbocycles. The van der Waals surface area contributed by atoms with E-state index in [-0.39, 0.29) is 0 Å². The molecule has 0 aliphatic heterocycles. The highest BCUT2D eigenvalue weighted by Gasteiger charge is 2.30. The summed E-state index contributed by atoms with van der Waals surface area (Å²) in [5, 5.41) is 15.5. The predicted molar refractivity (Wildman–Crippen MR) is 82.7 cm³/mol. The van der Waals surface area contributed by atoms with Gasteiger partial charge in [-0.2, -0.15) is 5.10 Å². The highest BCUT2D eigenvalue weighted by Crippen LogP contribution is 2.32. The number of aliphatic hydroxyl groups is 1. The van der Waals surface area contributed by atoms with Crippen LogP contribution in [0.3, 0.4) is 0 Å². The standard InChI is InChI=1S/C17H30N2O/c1-4-16(5-2)19-12-9-15(18-19)13-17(20)10-6-7-14(3)8-11-17/h9,12,14,16,20H,4-8,10-11,13H2,1-3H3. The van der Waals surface area contributed by atoms with Crippen molar-refractivity contribution >= 4 is 0 Å². The van der Waals surface area contributed by atoms with Crippen LogP contribution >= 0.6 is 0 Å². The van der Waals surface area contributed by atoms with Crippen LogP contribution in [-0.2, 0) is 6.42 Å². The van der Waals surface area contributed by atoms with E-state index in [1.54, 1.807) is 0 Å². The van der Waals surface area contributed by atoms with Crippen molar-refractivity contribution in [1.82, 2.24) is 9.78 Å². The Hall–Kier alpha value is -0.830. The summed E-state index contributed by atoms with van der Waals surface area (Å²) in [7, 11) is 0. The third-order valence-electron chi connectivity index (χ3n) is 4.93. The molecule has 0 spiro atoms. The van der Waals surface area contributed by atoms with Crippen molar-refractivity contribution in [2.75, 3.05) is 0 Å². The van der Waals surface area contributed by atoms with Gasteiger partial charge < -0.3 is 5.11 Å². The second-order valence-corrected chi connectivity index (χ2v) is 6.69. The fourth-order valence-electron chi connectivity index (χ4n) is 3.42. The van der Waals surface area contributed by atoms with Gasteiger partial charge in [0.1, 0.15) is 0 Å². The van der Waals surface area contributed by atoms with E-state index in [0.29, 0.717) is 12.5 Å². The van der Waals surface area contributed by atoms with Gasteiger partial charge in [-0.3, -0.25) is 4.68 Å². The smallest absolute Gasteiger partial charge is 0.0703 e. The number of rotatable bonds is 5. The van der Waals surface area contributed by atoms with Crippen LogP contribution in [0.1, 0.15) is 77.5 Å². The van der Waals surface area contributed by atoms with Crippen LogP contribution in [0.5, 0.6) is 0 Å². The zero-order valence-corrected chi connectivity index (χ0v) is 13.3. The zero-order valence-electron chi connectivity index (χ0n) is 13.3. The third kappa shape index (κ3) is 3.85. The summed E-state index contributed by atoms with van der Waals surface area (Å²) in [6, 6.07) is 2.58. The van der Waals surface area contributed by atoms with E-state index < -0.39 is 5.60 Å². The van der Waals surface area contributed by atoms with Crippen molar-refractivity contribution in [2.24, 2.45) is 5.92 Å². The SMILES string of the molecule is CCC(CC)n1ccc(CC2(O)CCCC(C)CC2)n1. The molecule has 0 radical (unpaired) electrons. The molecule has 1 saturated carbocycles. The molecule has 0 amide bonds. The minimum absolute atomic E-state index is 0.493. The van der Waals surface area contributed by atoms with E-state index in [0.717, 1.165) is 50.1 Å². The first-order valence-electron chi connectivity index (χ1n) is 8.32. The molecule has 1 aromatic heterocycles. The Balaban J connectivity index is 2.02. The van der Waals surface area contributed by atoms with E-state index in [2.05, 4.69) is 37.7 Å². The Morgan fingerprint density at radius 2 is 2.10 bits per heavy atom. The van der Waals surface area contributed by atoms with Crippen LogP contribution in [0.15, 0.2) is 12.3 Å². The fourth-order valence-corrected chi connectivity index (χ4v) is 3.42. The molecular formula is C17H30N2O. The first kappa shape index (κ1) is 15.6. The second-order valence-electron chi connectivity index (χ2n) is 6.69. The minimum Gasteiger partial charge on any atom is -0.389 e. The zero-order chi connectivity index (χ0) is 14.6. The molecule has 1 heterocycles. The lowest BCUT2D eigenvalue weighted by Crippen LogP contribution is -2.31. The molecule has 1 N–H and O–H groups in total. The summed E-state index contributed by atoms with van der Waals surface area (Å²) < 4.78 is 2.08. The van der Waals surface area contributed by atoms with E-state index in [4.69, 9.17) is 5.10 Å². The monoisotopic (exact) mass is 278 g/mol. The lowest BCUT2D eigenvalue weighted by Gasteiger charge is -2.25. The van der Waals surface area contributed by atoms with Crippen LogP contribution in [-0.4, -0.2) is 20.5 Å². The van der Waals surface area contributed by atoms with Crippen LogP contribution in [0.4, 0.5) is 0 Å².